The van der Waals surface area contributed by atoms with Crippen molar-refractivity contribution in [1.82, 2.24) is 83.6 Å². The highest BCUT2D eigenvalue weighted by Crippen LogP contribution is 2.36. The zero-order valence-electron chi connectivity index (χ0n) is 75.7. The fraction of sp³-hybridized carbons (Fsp3) is 0.236. The van der Waals surface area contributed by atoms with Gasteiger partial charge in [0.2, 0.25) is 29.5 Å². The zero-order valence-corrected chi connectivity index (χ0v) is 75.7. The van der Waals surface area contributed by atoms with E-state index in [-0.39, 0.29) is 79.0 Å². The number of benzene rings is 8. The number of piperidine rings is 1. The zero-order chi connectivity index (χ0) is 93.9. The van der Waals surface area contributed by atoms with Gasteiger partial charge in [-0.2, -0.15) is 20.4 Å². The maximum absolute atomic E-state index is 13.8. The summed E-state index contributed by atoms with van der Waals surface area (Å²) in [4.78, 5) is 81.1. The van der Waals surface area contributed by atoms with Gasteiger partial charge < -0.3 is 32.9 Å². The molecule has 4 amide bonds. The van der Waals surface area contributed by atoms with Crippen molar-refractivity contribution in [2.75, 3.05) is 45.8 Å². The number of carbonyl (C=O) groups is 4. The number of hydrogen-bond acceptors (Lipinski definition) is 16. The molecule has 0 atom stereocenters. The molecule has 16 aromatic rings. The Morgan fingerprint density at radius 2 is 0.711 bits per heavy atom. The summed E-state index contributed by atoms with van der Waals surface area (Å²) in [6, 6.07) is 66.8. The highest BCUT2D eigenvalue weighted by atomic mass is 19.1. The van der Waals surface area contributed by atoms with E-state index in [1.807, 2.05) is 188 Å². The molecule has 4 aliphatic heterocycles. The summed E-state index contributed by atoms with van der Waals surface area (Å²) in [5.41, 5.74) is 18.3. The Labute approximate surface area is 776 Å². The molecule has 0 spiro atoms. The van der Waals surface area contributed by atoms with E-state index >= 15 is 0 Å². The number of hydrogen-bond donors (Lipinski definition) is 0. The number of likely N-dealkylation sites (tertiary alicyclic amines) is 1. The Bertz CT molecular complexity index is 7030. The van der Waals surface area contributed by atoms with Gasteiger partial charge in [-0.1, -0.05) is 133 Å². The van der Waals surface area contributed by atoms with Gasteiger partial charge in [-0.3, -0.25) is 37.9 Å². The van der Waals surface area contributed by atoms with E-state index in [9.17, 15) is 41.1 Å². The molecule has 0 N–H and O–H groups in total. The van der Waals surface area contributed by atoms with Crippen molar-refractivity contribution in [3.05, 3.63) is 353 Å². The van der Waals surface area contributed by atoms with Crippen LogP contribution in [0.1, 0.15) is 100 Å². The fourth-order valence-corrected chi connectivity index (χ4v) is 16.9. The lowest BCUT2D eigenvalue weighted by molar-refractivity contribution is -0.134. The summed E-state index contributed by atoms with van der Waals surface area (Å²) in [5, 5.41) is 18.9. The quantitative estimate of drug-likeness (QED) is 0.0682. The molecule has 0 saturated carbocycles. The maximum Gasteiger partial charge on any atom is 0.244 e. The molecule has 29 heteroatoms. The van der Waals surface area contributed by atoms with Crippen molar-refractivity contribution in [2.24, 2.45) is 0 Å². The standard InChI is InChI=1S/C27H23F2N5O.C27H27FN4O2.C27H25FN4O2.C25H23FN4O2/c1-18-13-21(7-8-23(18)29)24-14-25(19-5-3-2-4-6-19)34(32-24)17-26(35)33-11-9-20(10-12-33)27-30-15-22(28)16-31-27;2*1-18-14-22(8-9-23(18)28)24-15-25(20-6-4-3-5-7-20)32(30-24)17-26(33)31-12-10-21(11-13-31)27-29-16-19(2)34-27;1-16-12-19(8-9-20(16)26)22-13-23(18-6-4-3-5-7-18)30(28-22)15-25(31)29-11-10-21-24(14-29)32-17(2)27-21/h2-9,13-16H,10-12,17H2,1H3;3-9,14-16,21H,10-13,17H2,1-2H3;3-10,14-16H,11-13,17H2,1-2H3;3-9,12-13H,10-11,14-15H2,1-2H3. The van der Waals surface area contributed by atoms with E-state index in [1.165, 1.54) is 24.3 Å². The normalized spacial score (nSPS) is 13.8. The largest absolute Gasteiger partial charge is 0.446 e. The van der Waals surface area contributed by atoms with E-state index in [0.29, 0.717) is 134 Å². The molecule has 0 aliphatic carbocycles. The summed E-state index contributed by atoms with van der Waals surface area (Å²) in [6.45, 7) is 17.3. The summed E-state index contributed by atoms with van der Waals surface area (Å²) in [5.74, 6) is 3.51. The topological polar surface area (TPSA) is 256 Å². The van der Waals surface area contributed by atoms with Gasteiger partial charge in [0, 0.05) is 92.9 Å². The van der Waals surface area contributed by atoms with Gasteiger partial charge >= 0.3 is 0 Å². The number of nitrogens with zero attached hydrogens (tertiary/aromatic N) is 17. The minimum Gasteiger partial charge on any atom is -0.446 e. The first-order valence-electron chi connectivity index (χ1n) is 44.8. The first kappa shape index (κ1) is 91.2. The molecule has 24 nitrogen and oxygen atoms in total. The molecule has 0 unspecified atom stereocenters. The van der Waals surface area contributed by atoms with Crippen LogP contribution in [0.2, 0.25) is 0 Å². The lowest BCUT2D eigenvalue weighted by Crippen LogP contribution is -2.40. The first-order chi connectivity index (χ1) is 65.4. The molecule has 1 saturated heterocycles. The molecule has 8 aromatic heterocycles. The van der Waals surface area contributed by atoms with Gasteiger partial charge in [0.05, 0.1) is 82.6 Å². The predicted octanol–water partition coefficient (Wildman–Crippen LogP) is 20.1. The number of halogens is 5. The van der Waals surface area contributed by atoms with Gasteiger partial charge in [0.15, 0.2) is 23.4 Å². The Kier molecular flexibility index (Phi) is 27.7. The molecule has 8 aromatic carbocycles. The molecular formula is C106H98F5N17O7. The molecule has 20 rings (SSSR count). The smallest absolute Gasteiger partial charge is 0.244 e. The van der Waals surface area contributed by atoms with E-state index in [4.69, 9.17) is 33.6 Å². The average molecular weight is 1820 g/mol. The highest BCUT2D eigenvalue weighted by Gasteiger charge is 2.32. The monoisotopic (exact) mass is 1820 g/mol. The predicted molar refractivity (Wildman–Crippen MR) is 503 cm³/mol. The Morgan fingerprint density at radius 3 is 1.06 bits per heavy atom. The number of amides is 4. The van der Waals surface area contributed by atoms with Crippen molar-refractivity contribution in [1.29, 1.82) is 0 Å². The summed E-state index contributed by atoms with van der Waals surface area (Å²) >= 11 is 0. The first-order valence-corrected chi connectivity index (χ1v) is 44.8. The second kappa shape index (κ2) is 41.0. The molecular weight excluding hydrogens is 1720 g/mol. The van der Waals surface area contributed by atoms with Gasteiger partial charge in [0.1, 0.15) is 66.7 Å². The molecule has 4 aliphatic rings. The maximum atomic E-state index is 13.8. The lowest BCUT2D eigenvalue weighted by atomic mass is 9.97. The molecule has 0 bridgehead atoms. The number of aryl methyl sites for hydroxylation is 7. The van der Waals surface area contributed by atoms with Crippen molar-refractivity contribution in [3.63, 3.8) is 0 Å². The van der Waals surface area contributed by atoms with Crippen LogP contribution in [0.25, 0.3) is 101 Å². The van der Waals surface area contributed by atoms with Crippen molar-refractivity contribution < 1.29 is 54.4 Å². The Morgan fingerprint density at radius 1 is 0.356 bits per heavy atom. The number of oxazole rings is 3. The second-order valence-corrected chi connectivity index (χ2v) is 33.9. The van der Waals surface area contributed by atoms with Gasteiger partial charge in [0.25, 0.3) is 0 Å². The highest BCUT2D eigenvalue weighted by molar-refractivity contribution is 5.83. The van der Waals surface area contributed by atoms with Crippen molar-refractivity contribution in [3.8, 4) is 90.1 Å². The van der Waals surface area contributed by atoms with Crippen LogP contribution < -0.4 is 0 Å². The van der Waals surface area contributed by atoms with Gasteiger partial charge in [-0.15, -0.1) is 0 Å². The third-order valence-corrected chi connectivity index (χ3v) is 24.3. The third-order valence-electron chi connectivity index (χ3n) is 24.3. The number of fused-ring (bicyclic) bond motifs is 1. The summed E-state index contributed by atoms with van der Waals surface area (Å²) < 4.78 is 92.1. The van der Waals surface area contributed by atoms with E-state index in [2.05, 4.69) is 24.9 Å². The Balaban J connectivity index is 0.000000125. The molecule has 0 radical (unpaired) electrons. The van der Waals surface area contributed by atoms with Crippen LogP contribution in [0.5, 0.6) is 0 Å². The molecule has 1 fully saturated rings. The SMILES string of the molecule is Cc1cc(-c2cc(-c3ccccc3)n(CC(=O)N3CC=C(c4ncc(F)cn4)CC3)n2)ccc1F.Cc1cnc(C2=CCN(C(=O)Cn3nc(-c4ccc(F)c(C)c4)cc3-c3ccccc3)CC2)o1.Cc1cnc(C2CCN(C(=O)Cn3nc(-c4ccc(F)c(C)c4)cc3-c3ccccc3)CC2)o1.Cc1nc2c(o1)CN(C(=O)Cn1nc(-c3ccc(F)c(C)c3)cc1-c1ccccc1)CC2. The third kappa shape index (κ3) is 21.7. The molecule has 135 heavy (non-hydrogen) atoms. The van der Waals surface area contributed by atoms with E-state index in [0.717, 1.165) is 133 Å². The van der Waals surface area contributed by atoms with Crippen LogP contribution >= 0.6 is 0 Å². The van der Waals surface area contributed by atoms with Crippen molar-refractivity contribution >= 4 is 34.8 Å². The van der Waals surface area contributed by atoms with E-state index in [1.54, 1.807) is 117 Å². The minimum atomic E-state index is -0.481. The van der Waals surface area contributed by atoms with Crippen LogP contribution in [0.15, 0.2) is 269 Å². The van der Waals surface area contributed by atoms with E-state index < -0.39 is 5.82 Å². The number of rotatable bonds is 19. The van der Waals surface area contributed by atoms with Crippen LogP contribution in [-0.4, -0.2) is 153 Å². The minimum absolute atomic E-state index is 0.0130. The van der Waals surface area contributed by atoms with Crippen LogP contribution in [0.3, 0.4) is 0 Å². The second-order valence-electron chi connectivity index (χ2n) is 33.9. The number of aromatic nitrogens is 13. The van der Waals surface area contributed by atoms with Crippen molar-refractivity contribution in [2.45, 2.75) is 119 Å². The number of carbonyl (C=O) groups excluding carboxylic acids is 4. The average Bonchev–Trinajstić information content (AvgIpc) is 1.66. The van der Waals surface area contributed by atoms with Gasteiger partial charge in [-0.05, 0) is 214 Å². The Hall–Kier alpha value is -15.7. The fourth-order valence-electron chi connectivity index (χ4n) is 16.9. The lowest BCUT2D eigenvalue weighted by Gasteiger charge is -2.30. The van der Waals surface area contributed by atoms with Crippen LogP contribution in [-0.2, 0) is 58.3 Å². The van der Waals surface area contributed by atoms with Crippen LogP contribution in [0, 0.1) is 77.6 Å². The summed E-state index contributed by atoms with van der Waals surface area (Å²) in [6.07, 6.45) is 13.3. The molecule has 12 heterocycles. The summed E-state index contributed by atoms with van der Waals surface area (Å²) in [7, 11) is 0. The van der Waals surface area contributed by atoms with Gasteiger partial charge in [-0.25, -0.2) is 46.9 Å². The molecule has 684 valence electrons. The van der Waals surface area contributed by atoms with Crippen LogP contribution in [0.4, 0.5) is 22.0 Å².